The molecule has 0 aliphatic rings. The maximum absolute atomic E-state index is 12.8. The number of aromatic amines is 1. The zero-order chi connectivity index (χ0) is 15.0. The van der Waals surface area contributed by atoms with Crippen molar-refractivity contribution in [2.75, 3.05) is 7.05 Å². The molecule has 1 amide bonds. The summed E-state index contributed by atoms with van der Waals surface area (Å²) in [6.07, 6.45) is 1.80. The van der Waals surface area contributed by atoms with E-state index < -0.39 is 0 Å². The number of hydrogen-bond acceptors (Lipinski definition) is 2. The molecular weight excluding hydrogens is 280 g/mol. The second kappa shape index (κ2) is 5.37. The van der Waals surface area contributed by atoms with Crippen LogP contribution in [0.4, 0.5) is 0 Å². The van der Waals surface area contributed by atoms with Crippen molar-refractivity contribution in [2.45, 2.75) is 19.9 Å². The van der Waals surface area contributed by atoms with Crippen LogP contribution in [0.15, 0.2) is 42.6 Å². The zero-order valence-electron chi connectivity index (χ0n) is 12.4. The summed E-state index contributed by atoms with van der Waals surface area (Å²) in [5.74, 6) is 0.0472. The molecular formula is C17H18N2OS. The maximum Gasteiger partial charge on any atom is 0.256 e. The highest BCUT2D eigenvalue weighted by Crippen LogP contribution is 2.28. The summed E-state index contributed by atoms with van der Waals surface area (Å²) < 4.78 is 0. The third kappa shape index (κ3) is 2.47. The Morgan fingerprint density at radius 3 is 2.71 bits per heavy atom. The fourth-order valence-corrected chi connectivity index (χ4v) is 3.46. The normalized spacial score (nSPS) is 12.5. The molecule has 0 radical (unpaired) electrons. The number of nitrogens with zero attached hydrogens (tertiary/aromatic N) is 1. The number of rotatable bonds is 3. The summed E-state index contributed by atoms with van der Waals surface area (Å²) in [6, 6.07) is 12.2. The van der Waals surface area contributed by atoms with Crippen LogP contribution >= 0.6 is 11.3 Å². The second-order valence-electron chi connectivity index (χ2n) is 5.29. The van der Waals surface area contributed by atoms with E-state index in [0.29, 0.717) is 0 Å². The van der Waals surface area contributed by atoms with Gasteiger partial charge >= 0.3 is 0 Å². The van der Waals surface area contributed by atoms with Gasteiger partial charge in [0.25, 0.3) is 5.91 Å². The summed E-state index contributed by atoms with van der Waals surface area (Å²) in [7, 11) is 1.86. The fourth-order valence-electron chi connectivity index (χ4n) is 2.48. The molecule has 1 N–H and O–H groups in total. The van der Waals surface area contributed by atoms with Crippen molar-refractivity contribution < 1.29 is 4.79 Å². The van der Waals surface area contributed by atoms with E-state index in [4.69, 9.17) is 0 Å². The van der Waals surface area contributed by atoms with Gasteiger partial charge in [-0.15, -0.1) is 11.3 Å². The van der Waals surface area contributed by atoms with Gasteiger partial charge in [0.1, 0.15) is 0 Å². The van der Waals surface area contributed by atoms with Crippen molar-refractivity contribution in [1.82, 2.24) is 9.88 Å². The number of aryl methyl sites for hydroxylation is 1. The minimum Gasteiger partial charge on any atom is -0.360 e. The van der Waals surface area contributed by atoms with E-state index >= 15 is 0 Å². The number of carbonyl (C=O) groups excluding carboxylic acids is 1. The Kier molecular flexibility index (Phi) is 3.55. The molecule has 3 aromatic rings. The largest absolute Gasteiger partial charge is 0.360 e. The first-order valence-electron chi connectivity index (χ1n) is 6.97. The Bertz CT molecular complexity index is 787. The Labute approximate surface area is 128 Å². The monoisotopic (exact) mass is 298 g/mol. The quantitative estimate of drug-likeness (QED) is 0.765. The number of carbonyl (C=O) groups is 1. The van der Waals surface area contributed by atoms with Crippen LogP contribution in [-0.4, -0.2) is 22.8 Å². The number of thiophene rings is 1. The van der Waals surface area contributed by atoms with E-state index in [-0.39, 0.29) is 11.9 Å². The van der Waals surface area contributed by atoms with Crippen LogP contribution in [0, 0.1) is 6.92 Å². The van der Waals surface area contributed by atoms with Gasteiger partial charge in [-0.25, -0.2) is 0 Å². The Morgan fingerprint density at radius 2 is 2.00 bits per heavy atom. The lowest BCUT2D eigenvalue weighted by Gasteiger charge is -2.24. The molecule has 0 aliphatic carbocycles. The topological polar surface area (TPSA) is 36.1 Å². The van der Waals surface area contributed by atoms with E-state index in [0.717, 1.165) is 16.5 Å². The van der Waals surface area contributed by atoms with Crippen LogP contribution in [0.1, 0.15) is 33.1 Å². The van der Waals surface area contributed by atoms with Crippen LogP contribution < -0.4 is 0 Å². The zero-order valence-corrected chi connectivity index (χ0v) is 13.2. The van der Waals surface area contributed by atoms with Crippen molar-refractivity contribution in [3.63, 3.8) is 0 Å². The highest BCUT2D eigenvalue weighted by Gasteiger charge is 2.22. The number of aromatic nitrogens is 1. The number of amides is 1. The number of fused-ring (bicyclic) bond motifs is 1. The van der Waals surface area contributed by atoms with Gasteiger partial charge in [-0.05, 0) is 32.0 Å². The smallest absolute Gasteiger partial charge is 0.256 e. The van der Waals surface area contributed by atoms with Crippen LogP contribution in [0.2, 0.25) is 0 Å². The summed E-state index contributed by atoms with van der Waals surface area (Å²) in [4.78, 5) is 20.2. The molecule has 1 atom stereocenters. The second-order valence-corrected chi connectivity index (χ2v) is 6.61. The number of hydrogen-bond donors (Lipinski definition) is 1. The lowest BCUT2D eigenvalue weighted by Crippen LogP contribution is -2.29. The molecule has 4 heteroatoms. The SMILES string of the molecule is Cc1ccc(C(C)N(C)C(=O)c2c[nH]c3ccccc23)s1. The molecule has 1 unspecified atom stereocenters. The lowest BCUT2D eigenvalue weighted by atomic mass is 10.1. The Morgan fingerprint density at radius 1 is 1.24 bits per heavy atom. The highest BCUT2D eigenvalue weighted by molar-refractivity contribution is 7.12. The van der Waals surface area contributed by atoms with Crippen molar-refractivity contribution in [3.8, 4) is 0 Å². The van der Waals surface area contributed by atoms with Gasteiger partial charge in [0.05, 0.1) is 11.6 Å². The van der Waals surface area contributed by atoms with Gasteiger partial charge < -0.3 is 9.88 Å². The van der Waals surface area contributed by atoms with Gasteiger partial charge in [-0.2, -0.15) is 0 Å². The van der Waals surface area contributed by atoms with Crippen molar-refractivity contribution in [3.05, 3.63) is 57.9 Å². The van der Waals surface area contributed by atoms with Gasteiger partial charge in [0.15, 0.2) is 0 Å². The third-order valence-corrected chi connectivity index (χ3v) is 5.06. The molecule has 3 rings (SSSR count). The van der Waals surface area contributed by atoms with Crippen molar-refractivity contribution >= 4 is 28.1 Å². The Hall–Kier alpha value is -2.07. The summed E-state index contributed by atoms with van der Waals surface area (Å²) in [5, 5.41) is 0.976. The van der Waals surface area contributed by atoms with Crippen LogP contribution in [0.25, 0.3) is 10.9 Å². The van der Waals surface area contributed by atoms with Gasteiger partial charge in [0, 0.05) is 33.9 Å². The molecule has 108 valence electrons. The van der Waals surface area contributed by atoms with Crippen molar-refractivity contribution in [1.29, 1.82) is 0 Å². The first-order chi connectivity index (χ1) is 10.1. The molecule has 0 saturated heterocycles. The predicted octanol–water partition coefficient (Wildman–Crippen LogP) is 4.37. The molecule has 0 bridgehead atoms. The van der Waals surface area contributed by atoms with E-state index in [9.17, 15) is 4.79 Å². The average molecular weight is 298 g/mol. The minimum absolute atomic E-state index is 0.0472. The molecule has 3 nitrogen and oxygen atoms in total. The molecule has 21 heavy (non-hydrogen) atoms. The lowest BCUT2D eigenvalue weighted by molar-refractivity contribution is 0.0747. The Balaban J connectivity index is 1.90. The van der Waals surface area contributed by atoms with Crippen LogP contribution in [0.5, 0.6) is 0 Å². The van der Waals surface area contributed by atoms with E-state index in [2.05, 4.69) is 31.0 Å². The molecule has 2 heterocycles. The summed E-state index contributed by atoms with van der Waals surface area (Å²) >= 11 is 1.74. The van der Waals surface area contributed by atoms with E-state index in [1.54, 1.807) is 22.4 Å². The first-order valence-corrected chi connectivity index (χ1v) is 7.79. The minimum atomic E-state index is 0.0472. The van der Waals surface area contributed by atoms with Crippen LogP contribution in [-0.2, 0) is 0 Å². The molecule has 1 aromatic carbocycles. The van der Waals surface area contributed by atoms with Crippen molar-refractivity contribution in [2.24, 2.45) is 0 Å². The molecule has 0 aliphatic heterocycles. The summed E-state index contributed by atoms with van der Waals surface area (Å²) in [6.45, 7) is 4.15. The maximum atomic E-state index is 12.8. The number of nitrogens with one attached hydrogen (secondary N) is 1. The fraction of sp³-hybridized carbons (Fsp3) is 0.235. The molecule has 2 aromatic heterocycles. The van der Waals surface area contributed by atoms with Gasteiger partial charge in [0.2, 0.25) is 0 Å². The van der Waals surface area contributed by atoms with Gasteiger partial charge in [-0.1, -0.05) is 18.2 Å². The first kappa shape index (κ1) is 13.9. The molecule has 0 fully saturated rings. The third-order valence-electron chi connectivity index (χ3n) is 3.89. The number of H-pyrrole nitrogens is 1. The average Bonchev–Trinajstić information content (AvgIpc) is 3.11. The standard InChI is InChI=1S/C17H18N2OS/c1-11-8-9-16(21-11)12(2)19(3)17(20)14-10-18-15-7-5-4-6-13(14)15/h4-10,12,18H,1-3H3. The molecule has 0 saturated carbocycles. The van der Waals surface area contributed by atoms with Crippen LogP contribution in [0.3, 0.4) is 0 Å². The highest BCUT2D eigenvalue weighted by atomic mass is 32.1. The van der Waals surface area contributed by atoms with Gasteiger partial charge in [-0.3, -0.25) is 4.79 Å². The number of para-hydroxylation sites is 1. The van der Waals surface area contributed by atoms with E-state index in [1.165, 1.54) is 9.75 Å². The number of benzene rings is 1. The predicted molar refractivity (Wildman–Crippen MR) is 87.9 cm³/mol. The van der Waals surface area contributed by atoms with E-state index in [1.807, 2.05) is 31.3 Å². The summed E-state index contributed by atoms with van der Waals surface area (Å²) in [5.41, 5.74) is 1.72. The molecule has 0 spiro atoms.